The first-order valence-electron chi connectivity index (χ1n) is 25.1. The number of thiophene rings is 2. The normalized spacial score (nSPS) is 33.4. The Bertz CT molecular complexity index is 2280. The fourth-order valence-corrected chi connectivity index (χ4v) is 15.4. The highest BCUT2D eigenvalue weighted by atomic mass is 32.1. The second-order valence-corrected chi connectivity index (χ2v) is 24.0. The summed E-state index contributed by atoms with van der Waals surface area (Å²) in [7, 11) is 0. The van der Waals surface area contributed by atoms with Gasteiger partial charge < -0.3 is 0 Å². The standard InChI is InChI=1S/C55H67F3N2O4S2/c1-10-26(5)22-54(23-27(6)11-2)37-16-36-38(15-35(37)52-39(54)20-44(65-52)59-46-48(61)31-14-30(9)41(56)17-32(31)49(46)62)55(24-28(7)12-3,25-29(8)13-4)40-21-45(66-53(36)40)60-47-50(63)33-18-42(57)43(58)19-34(33)51(47)64/h15-16,20-21,26-34,41-43H,10-14,17-19,22-25H2,1-9H3. The number of hydrogen-bond donors (Lipinski definition) is 0. The Labute approximate surface area is 397 Å². The second kappa shape index (κ2) is 17.7. The monoisotopic (exact) mass is 940 g/mol. The molecule has 0 radical (unpaired) electrons. The van der Waals surface area contributed by atoms with Gasteiger partial charge in [-0.05, 0) is 139 Å². The largest absolute Gasteiger partial charge is 0.292 e. The van der Waals surface area contributed by atoms with Crippen LogP contribution in [-0.4, -0.2) is 53.1 Å². The first-order chi connectivity index (χ1) is 31.4. The molecule has 12 unspecified atom stereocenters. The van der Waals surface area contributed by atoms with Crippen LogP contribution in [0.3, 0.4) is 0 Å². The molecule has 3 aromatic rings. The van der Waals surface area contributed by atoms with Gasteiger partial charge >= 0.3 is 0 Å². The van der Waals surface area contributed by atoms with Crippen molar-refractivity contribution in [1.82, 2.24) is 0 Å². The van der Waals surface area contributed by atoms with Crippen molar-refractivity contribution in [2.24, 2.45) is 63.2 Å². The number of rotatable bonds is 14. The molecule has 11 heteroatoms. The molecule has 2 aromatic heterocycles. The van der Waals surface area contributed by atoms with E-state index in [1.807, 2.05) is 6.92 Å². The Balaban J connectivity index is 1.24. The van der Waals surface area contributed by atoms with Gasteiger partial charge in [0.05, 0.1) is 0 Å². The van der Waals surface area contributed by atoms with Gasteiger partial charge in [-0.15, -0.1) is 22.7 Å². The van der Waals surface area contributed by atoms with Crippen LogP contribution in [0.5, 0.6) is 0 Å². The maximum absolute atomic E-state index is 14.9. The van der Waals surface area contributed by atoms with Gasteiger partial charge in [0.1, 0.15) is 28.5 Å². The molecule has 0 saturated heterocycles. The maximum Gasteiger partial charge on any atom is 0.188 e. The minimum Gasteiger partial charge on any atom is -0.292 e. The van der Waals surface area contributed by atoms with Gasteiger partial charge in [0.2, 0.25) is 0 Å². The lowest BCUT2D eigenvalue weighted by molar-refractivity contribution is -0.123. The van der Waals surface area contributed by atoms with Crippen LogP contribution in [0.1, 0.15) is 162 Å². The van der Waals surface area contributed by atoms with Crippen molar-refractivity contribution in [3.8, 4) is 20.9 Å². The zero-order valence-corrected chi connectivity index (χ0v) is 41.8. The second-order valence-electron chi connectivity index (χ2n) is 21.9. The lowest BCUT2D eigenvalue weighted by atomic mass is 9.65. The van der Waals surface area contributed by atoms with Crippen LogP contribution in [0.15, 0.2) is 34.3 Å². The number of alkyl halides is 3. The first-order valence-corrected chi connectivity index (χ1v) is 26.8. The summed E-state index contributed by atoms with van der Waals surface area (Å²) in [5.41, 5.74) is 6.34. The van der Waals surface area contributed by atoms with Crippen molar-refractivity contribution < 1.29 is 32.3 Å². The van der Waals surface area contributed by atoms with E-state index < -0.39 is 59.2 Å². The molecule has 0 aliphatic heterocycles. The highest BCUT2D eigenvalue weighted by Gasteiger charge is 2.55. The van der Waals surface area contributed by atoms with Gasteiger partial charge in [-0.25, -0.2) is 23.2 Å². The molecule has 9 rings (SSSR count). The number of ketones is 4. The summed E-state index contributed by atoms with van der Waals surface area (Å²) in [6.45, 7) is 20.0. The lowest BCUT2D eigenvalue weighted by Crippen LogP contribution is -2.35. The van der Waals surface area contributed by atoms with Gasteiger partial charge in [0, 0.05) is 44.3 Å². The number of Topliss-reactive ketones (excluding diaryl/α,β-unsaturated/α-hetero) is 4. The average molecular weight is 941 g/mol. The molecular formula is C55H67F3N2O4S2. The summed E-state index contributed by atoms with van der Waals surface area (Å²) >= 11 is 3.08. The number of carbonyl (C=O) groups excluding carboxylic acids is 4. The molecule has 354 valence electrons. The highest BCUT2D eigenvalue weighted by molar-refractivity contribution is 7.20. The SMILES string of the molecule is CCC(C)CC1(CC(C)CC)c2cc3c(cc2-c2sc(N=C4C(=O)C5CC(C)C(F)CC5C4=O)cc21)C(CC(C)CC)(CC(C)CC)c1cc(N=C2C(=O)C4CC(F)C(F)CC4C2=O)sc1-3. The number of carbonyl (C=O) groups is 4. The molecule has 2 heterocycles. The molecule has 0 N–H and O–H groups in total. The third-order valence-electron chi connectivity index (χ3n) is 17.5. The predicted octanol–water partition coefficient (Wildman–Crippen LogP) is 14.2. The van der Waals surface area contributed by atoms with Crippen molar-refractivity contribution in [2.45, 2.75) is 169 Å². The number of hydrogen-bond acceptors (Lipinski definition) is 8. The van der Waals surface area contributed by atoms with Crippen LogP contribution in [0.4, 0.5) is 23.2 Å². The molecule has 6 aliphatic rings. The Morgan fingerprint density at radius 2 is 0.833 bits per heavy atom. The fourth-order valence-electron chi connectivity index (χ4n) is 13.0. The van der Waals surface area contributed by atoms with Crippen LogP contribution in [0.2, 0.25) is 0 Å². The number of fused-ring (bicyclic) bond motifs is 8. The Morgan fingerprint density at radius 3 is 1.17 bits per heavy atom. The van der Waals surface area contributed by atoms with Crippen molar-refractivity contribution in [3.05, 3.63) is 46.5 Å². The van der Waals surface area contributed by atoms with Crippen molar-refractivity contribution >= 4 is 67.2 Å². The van der Waals surface area contributed by atoms with E-state index in [1.165, 1.54) is 44.7 Å². The van der Waals surface area contributed by atoms with Crippen molar-refractivity contribution in [2.75, 3.05) is 0 Å². The quantitative estimate of drug-likeness (QED) is 0.161. The molecule has 66 heavy (non-hydrogen) atoms. The fraction of sp³-hybridized carbons (Fsp3) is 0.636. The predicted molar refractivity (Wildman–Crippen MR) is 261 cm³/mol. The van der Waals surface area contributed by atoms with Gasteiger partial charge in [0.15, 0.2) is 34.6 Å². The summed E-state index contributed by atoms with van der Waals surface area (Å²) < 4.78 is 44.0. The molecular weight excluding hydrogens is 874 g/mol. The van der Waals surface area contributed by atoms with Crippen LogP contribution in [0.25, 0.3) is 20.9 Å². The van der Waals surface area contributed by atoms with E-state index in [9.17, 15) is 32.3 Å². The van der Waals surface area contributed by atoms with E-state index in [0.717, 1.165) is 61.1 Å². The van der Waals surface area contributed by atoms with Gasteiger partial charge in [0.25, 0.3) is 0 Å². The van der Waals surface area contributed by atoms with Crippen LogP contribution in [0, 0.1) is 53.3 Å². The number of benzene rings is 1. The number of halogens is 3. The van der Waals surface area contributed by atoms with Gasteiger partial charge in [-0.3, -0.25) is 19.2 Å². The van der Waals surface area contributed by atoms with Crippen molar-refractivity contribution in [3.63, 3.8) is 0 Å². The van der Waals surface area contributed by atoms with E-state index in [4.69, 9.17) is 9.98 Å². The molecule has 12 atom stereocenters. The minimum atomic E-state index is -1.76. The third kappa shape index (κ3) is 7.52. The molecule has 0 amide bonds. The zero-order valence-electron chi connectivity index (χ0n) is 40.2. The zero-order chi connectivity index (χ0) is 47.3. The molecule has 4 saturated carbocycles. The minimum absolute atomic E-state index is 0.0159. The van der Waals surface area contributed by atoms with E-state index in [0.29, 0.717) is 40.1 Å². The highest BCUT2D eigenvalue weighted by Crippen LogP contribution is 2.65. The van der Waals surface area contributed by atoms with E-state index in [-0.39, 0.29) is 53.6 Å². The smallest absolute Gasteiger partial charge is 0.188 e. The summed E-state index contributed by atoms with van der Waals surface area (Å²) in [5, 5.41) is 1.23. The van der Waals surface area contributed by atoms with Crippen LogP contribution < -0.4 is 0 Å². The molecule has 6 nitrogen and oxygen atoms in total. The molecule has 6 aliphatic carbocycles. The lowest BCUT2D eigenvalue weighted by Gasteiger charge is -2.38. The maximum atomic E-state index is 14.9. The van der Waals surface area contributed by atoms with Gasteiger partial charge in [-0.1, -0.05) is 88.0 Å². The van der Waals surface area contributed by atoms with Crippen LogP contribution >= 0.6 is 22.7 Å². The van der Waals surface area contributed by atoms with E-state index in [2.05, 4.69) is 79.7 Å². The molecule has 1 aromatic carbocycles. The summed E-state index contributed by atoms with van der Waals surface area (Å²) in [6.07, 6.45) is 2.84. The summed E-state index contributed by atoms with van der Waals surface area (Å²) in [5.74, 6) is -3.11. The molecule has 4 fully saturated rings. The average Bonchev–Trinajstić information content (AvgIpc) is 4.10. The summed E-state index contributed by atoms with van der Waals surface area (Å²) in [4.78, 5) is 67.2. The Morgan fingerprint density at radius 1 is 0.515 bits per heavy atom. The van der Waals surface area contributed by atoms with E-state index >= 15 is 0 Å². The topological polar surface area (TPSA) is 93.0 Å². The van der Waals surface area contributed by atoms with E-state index in [1.54, 1.807) is 11.3 Å². The first kappa shape index (κ1) is 47.5. The molecule has 0 spiro atoms. The Kier molecular flexibility index (Phi) is 12.8. The van der Waals surface area contributed by atoms with Crippen molar-refractivity contribution in [1.29, 1.82) is 0 Å². The molecule has 0 bridgehead atoms. The summed E-state index contributed by atoms with van der Waals surface area (Å²) in [6, 6.07) is 9.19. The van der Waals surface area contributed by atoms with Crippen LogP contribution in [-0.2, 0) is 30.0 Å². The third-order valence-corrected chi connectivity index (χ3v) is 19.6. The number of nitrogens with zero attached hydrogens (tertiary/aromatic N) is 2. The van der Waals surface area contributed by atoms with Gasteiger partial charge in [-0.2, -0.15) is 0 Å². The number of aliphatic imine (C=N–C) groups is 2. The Hall–Kier alpha value is -3.57.